The van der Waals surface area contributed by atoms with Crippen molar-refractivity contribution in [3.63, 3.8) is 0 Å². The van der Waals surface area contributed by atoms with E-state index in [1.807, 2.05) is 18.7 Å². The number of guanidine groups is 1. The summed E-state index contributed by atoms with van der Waals surface area (Å²) < 4.78 is 16.9. The first-order valence-corrected chi connectivity index (χ1v) is 6.81. The Balaban J connectivity index is 2.66. The second-order valence-electron chi connectivity index (χ2n) is 4.79. The maximum absolute atomic E-state index is 12.1. The number of nitrogens with one attached hydrogen (secondary N) is 1. The van der Waals surface area contributed by atoms with Crippen LogP contribution in [0.3, 0.4) is 0 Å². The lowest BCUT2D eigenvalue weighted by Crippen LogP contribution is -2.40. The molecule has 1 N–H and O–H groups in total. The molecule has 2 unspecified atom stereocenters. The first-order chi connectivity index (χ1) is 9.13. The predicted octanol–water partition coefficient (Wildman–Crippen LogP) is 1.05. The molecule has 1 fully saturated rings. The van der Waals surface area contributed by atoms with Crippen molar-refractivity contribution in [3.05, 3.63) is 0 Å². The number of esters is 1. The average molecular weight is 273 g/mol. The lowest BCUT2D eigenvalue weighted by Gasteiger charge is -2.21. The van der Waals surface area contributed by atoms with E-state index in [1.54, 1.807) is 0 Å². The van der Waals surface area contributed by atoms with Crippen LogP contribution in [0.25, 0.3) is 0 Å². The third-order valence-corrected chi connectivity index (χ3v) is 3.30. The summed E-state index contributed by atoms with van der Waals surface area (Å²) in [7, 11) is 1.41. The number of carbonyl (C=O) groups excluding carboxylic acids is 1. The molecular formula is C13H24FN3O2. The van der Waals surface area contributed by atoms with Crippen molar-refractivity contribution in [1.29, 1.82) is 0 Å². The molecule has 1 aliphatic rings. The third-order valence-electron chi connectivity index (χ3n) is 3.30. The summed E-state index contributed by atoms with van der Waals surface area (Å²) in [5.41, 5.74) is 0. The van der Waals surface area contributed by atoms with Crippen LogP contribution in [-0.4, -0.2) is 56.8 Å². The van der Waals surface area contributed by atoms with Gasteiger partial charge in [-0.2, -0.15) is 0 Å². The zero-order valence-corrected chi connectivity index (χ0v) is 12.0. The highest BCUT2D eigenvalue weighted by atomic mass is 19.1. The van der Waals surface area contributed by atoms with Gasteiger partial charge in [-0.1, -0.05) is 6.92 Å². The number of aliphatic imine (C=N–C) groups is 1. The number of likely N-dealkylation sites (tertiary alicyclic amines) is 1. The second kappa shape index (κ2) is 7.96. The minimum atomic E-state index is -0.357. The highest BCUT2D eigenvalue weighted by Gasteiger charge is 2.36. The summed E-state index contributed by atoms with van der Waals surface area (Å²) in [5, 5.41) is 3.18. The van der Waals surface area contributed by atoms with Gasteiger partial charge in [0.2, 0.25) is 0 Å². The lowest BCUT2D eigenvalue weighted by molar-refractivity contribution is -0.145. The van der Waals surface area contributed by atoms with Gasteiger partial charge in [-0.05, 0) is 19.3 Å². The van der Waals surface area contributed by atoms with Crippen molar-refractivity contribution in [1.82, 2.24) is 10.2 Å². The highest BCUT2D eigenvalue weighted by Crippen LogP contribution is 2.24. The van der Waals surface area contributed by atoms with Crippen LogP contribution in [0.5, 0.6) is 0 Å². The Bertz CT molecular complexity index is 323. The molecule has 6 heteroatoms. The first kappa shape index (κ1) is 15.7. The molecule has 0 amide bonds. The SMILES string of the molecule is CCNC(=NCCCF)N1CC(C)C(C(=O)OC)C1. The zero-order valence-electron chi connectivity index (χ0n) is 12.0. The summed E-state index contributed by atoms with van der Waals surface area (Å²) in [6.07, 6.45) is 0.429. The van der Waals surface area contributed by atoms with Crippen LogP contribution < -0.4 is 5.32 Å². The molecule has 110 valence electrons. The molecule has 0 saturated carbocycles. The normalized spacial score (nSPS) is 23.6. The number of hydrogen-bond acceptors (Lipinski definition) is 3. The molecule has 0 radical (unpaired) electrons. The Morgan fingerprint density at radius 2 is 2.26 bits per heavy atom. The number of carbonyl (C=O) groups is 1. The maximum atomic E-state index is 12.1. The van der Waals surface area contributed by atoms with E-state index < -0.39 is 0 Å². The Hall–Kier alpha value is -1.33. The van der Waals surface area contributed by atoms with Crippen LogP contribution in [0.4, 0.5) is 4.39 Å². The molecule has 1 heterocycles. The third kappa shape index (κ3) is 4.36. The number of rotatable bonds is 5. The molecule has 0 aromatic rings. The number of nitrogens with zero attached hydrogens (tertiary/aromatic N) is 2. The maximum Gasteiger partial charge on any atom is 0.310 e. The fourth-order valence-corrected chi connectivity index (χ4v) is 2.27. The topological polar surface area (TPSA) is 53.9 Å². The molecule has 2 atom stereocenters. The second-order valence-corrected chi connectivity index (χ2v) is 4.79. The Kier molecular flexibility index (Phi) is 6.59. The van der Waals surface area contributed by atoms with Gasteiger partial charge in [0, 0.05) is 26.2 Å². The molecular weight excluding hydrogens is 249 g/mol. The van der Waals surface area contributed by atoms with Gasteiger partial charge in [-0.3, -0.25) is 14.2 Å². The van der Waals surface area contributed by atoms with Crippen molar-refractivity contribution < 1.29 is 13.9 Å². The summed E-state index contributed by atoms with van der Waals surface area (Å²) in [4.78, 5) is 18.1. The van der Waals surface area contributed by atoms with Gasteiger partial charge >= 0.3 is 5.97 Å². The molecule has 1 aliphatic heterocycles. The highest BCUT2D eigenvalue weighted by molar-refractivity contribution is 5.82. The molecule has 0 spiro atoms. The van der Waals surface area contributed by atoms with Crippen LogP contribution in [0.1, 0.15) is 20.3 Å². The van der Waals surface area contributed by atoms with Crippen LogP contribution in [0, 0.1) is 11.8 Å². The molecule has 1 rings (SSSR count). The molecule has 0 aromatic heterocycles. The largest absolute Gasteiger partial charge is 0.469 e. The summed E-state index contributed by atoms with van der Waals surface area (Å²) in [6, 6.07) is 0. The number of halogens is 1. The van der Waals surface area contributed by atoms with Gasteiger partial charge in [0.05, 0.1) is 19.7 Å². The number of ether oxygens (including phenoxy) is 1. The van der Waals surface area contributed by atoms with Gasteiger partial charge in [0.25, 0.3) is 0 Å². The Morgan fingerprint density at radius 3 is 2.84 bits per heavy atom. The smallest absolute Gasteiger partial charge is 0.310 e. The molecule has 19 heavy (non-hydrogen) atoms. The molecule has 0 aromatic carbocycles. The number of methoxy groups -OCH3 is 1. The van der Waals surface area contributed by atoms with E-state index in [1.165, 1.54) is 7.11 Å². The Morgan fingerprint density at radius 1 is 1.53 bits per heavy atom. The average Bonchev–Trinajstić information content (AvgIpc) is 2.79. The Labute approximate surface area is 114 Å². The van der Waals surface area contributed by atoms with E-state index in [2.05, 4.69) is 10.3 Å². The van der Waals surface area contributed by atoms with E-state index in [0.717, 1.165) is 19.0 Å². The van der Waals surface area contributed by atoms with Crippen molar-refractivity contribution >= 4 is 11.9 Å². The monoisotopic (exact) mass is 273 g/mol. The summed E-state index contributed by atoms with van der Waals surface area (Å²) >= 11 is 0. The van der Waals surface area contributed by atoms with Gasteiger partial charge in [0.15, 0.2) is 5.96 Å². The van der Waals surface area contributed by atoms with Crippen molar-refractivity contribution in [2.75, 3.05) is 40.0 Å². The van der Waals surface area contributed by atoms with E-state index >= 15 is 0 Å². The van der Waals surface area contributed by atoms with Gasteiger partial charge in [-0.15, -0.1) is 0 Å². The predicted molar refractivity (Wildman–Crippen MR) is 72.8 cm³/mol. The first-order valence-electron chi connectivity index (χ1n) is 6.81. The van der Waals surface area contributed by atoms with Gasteiger partial charge in [0.1, 0.15) is 0 Å². The van der Waals surface area contributed by atoms with Crippen LogP contribution >= 0.6 is 0 Å². The summed E-state index contributed by atoms with van der Waals surface area (Å²) in [5.74, 6) is 0.705. The number of alkyl halides is 1. The molecule has 0 bridgehead atoms. The minimum absolute atomic E-state index is 0.116. The van der Waals surface area contributed by atoms with Gasteiger partial charge < -0.3 is 15.0 Å². The van der Waals surface area contributed by atoms with Crippen molar-refractivity contribution in [3.8, 4) is 0 Å². The number of hydrogen-bond donors (Lipinski definition) is 1. The lowest BCUT2D eigenvalue weighted by atomic mass is 9.99. The van der Waals surface area contributed by atoms with Crippen molar-refractivity contribution in [2.45, 2.75) is 20.3 Å². The van der Waals surface area contributed by atoms with E-state index in [9.17, 15) is 9.18 Å². The molecule has 0 aliphatic carbocycles. The van der Waals surface area contributed by atoms with Crippen molar-refractivity contribution in [2.24, 2.45) is 16.8 Å². The summed E-state index contributed by atoms with van der Waals surface area (Å²) in [6.45, 7) is 6.25. The standard InChI is InChI=1S/C13H24FN3O2/c1-4-15-13(16-7-5-6-14)17-8-10(2)11(9-17)12(18)19-3/h10-11H,4-9H2,1-3H3,(H,15,16). The van der Waals surface area contributed by atoms with E-state index in [-0.39, 0.29) is 24.5 Å². The molecule has 5 nitrogen and oxygen atoms in total. The van der Waals surface area contributed by atoms with Gasteiger partial charge in [-0.25, -0.2) is 0 Å². The van der Waals surface area contributed by atoms with E-state index in [4.69, 9.17) is 4.74 Å². The molecule has 1 saturated heterocycles. The van der Waals surface area contributed by atoms with Crippen LogP contribution in [-0.2, 0) is 9.53 Å². The zero-order chi connectivity index (χ0) is 14.3. The minimum Gasteiger partial charge on any atom is -0.469 e. The van der Waals surface area contributed by atoms with Crippen LogP contribution in [0.15, 0.2) is 4.99 Å². The van der Waals surface area contributed by atoms with Crippen LogP contribution in [0.2, 0.25) is 0 Å². The quantitative estimate of drug-likeness (QED) is 0.352. The fourth-order valence-electron chi connectivity index (χ4n) is 2.27. The fraction of sp³-hybridized carbons (Fsp3) is 0.846. The van der Waals surface area contributed by atoms with E-state index in [0.29, 0.717) is 19.5 Å².